The highest BCUT2D eigenvalue weighted by Gasteiger charge is 2.68. The first-order chi connectivity index (χ1) is 20.9. The molecule has 0 fully saturated rings. The Labute approximate surface area is 252 Å². The highest BCUT2D eigenvalue weighted by molar-refractivity contribution is 9.06. The first-order valence-corrected chi connectivity index (χ1v) is 20.6. The van der Waals surface area contributed by atoms with Crippen molar-refractivity contribution in [3.8, 4) is 17.2 Å². The maximum absolute atomic E-state index is 14.6. The fourth-order valence-electron chi connectivity index (χ4n) is 4.62. The molecule has 0 bridgehead atoms. The van der Waals surface area contributed by atoms with Crippen molar-refractivity contribution in [1.82, 2.24) is 0 Å². The Kier molecular flexibility index (Phi) is 7.37. The molecule has 6 aromatic rings. The Hall–Kier alpha value is -4.42. The molecule has 10 nitrogen and oxygen atoms in total. The summed E-state index contributed by atoms with van der Waals surface area (Å²) in [5, 5.41) is 2.01. The molecule has 224 valence electrons. The molecule has 0 unspecified atom stereocenters. The minimum atomic E-state index is -6.81. The molecule has 0 aliphatic heterocycles. The first-order valence-electron chi connectivity index (χ1n) is 12.8. The molecule has 0 heterocycles. The van der Waals surface area contributed by atoms with Crippen LogP contribution in [0, 0.1) is 0 Å². The molecule has 6 aromatic carbocycles. The predicted molar refractivity (Wildman–Crippen MR) is 168 cm³/mol. The van der Waals surface area contributed by atoms with E-state index in [-0.39, 0.29) is 16.2 Å². The van der Waals surface area contributed by atoms with E-state index in [1.54, 1.807) is 72.8 Å². The standard InChI is InChI=1S/C30H21O10PS3/c31-41(42(32,33)38-28-19-7-13-22-10-1-4-16-25(22)28,43(34,35)39-29-20-8-14-23-11-2-5-17-26(23)29)44(36,37)40-30-21-9-15-24-12-3-6-18-27(24)30/h1-21H. The monoisotopic (exact) mass is 668 g/mol. The van der Waals surface area contributed by atoms with Crippen LogP contribution in [0.2, 0.25) is 0 Å². The second-order valence-corrected chi connectivity index (χ2v) is 24.1. The van der Waals surface area contributed by atoms with Gasteiger partial charge in [0.05, 0.1) is 0 Å². The highest BCUT2D eigenvalue weighted by atomic mass is 33.4. The van der Waals surface area contributed by atoms with Gasteiger partial charge in [0.1, 0.15) is 0 Å². The summed E-state index contributed by atoms with van der Waals surface area (Å²) in [5.41, 5.74) is 0. The van der Waals surface area contributed by atoms with E-state index >= 15 is 0 Å². The normalized spacial score (nSPS) is 12.7. The molecule has 0 radical (unpaired) electrons. The van der Waals surface area contributed by atoms with Crippen LogP contribution in [-0.2, 0) is 33.8 Å². The van der Waals surface area contributed by atoms with Gasteiger partial charge in [-0.1, -0.05) is 109 Å². The lowest BCUT2D eigenvalue weighted by molar-refractivity contribution is 0.483. The lowest BCUT2D eigenvalue weighted by atomic mass is 10.1. The third kappa shape index (κ3) is 4.97. The lowest BCUT2D eigenvalue weighted by Crippen LogP contribution is -2.27. The van der Waals surface area contributed by atoms with Crippen molar-refractivity contribution in [1.29, 1.82) is 0 Å². The topological polar surface area (TPSA) is 147 Å². The van der Waals surface area contributed by atoms with Crippen molar-refractivity contribution < 1.29 is 42.4 Å². The van der Waals surface area contributed by atoms with Crippen LogP contribution >= 0.6 is 4.75 Å². The first kappa shape index (κ1) is 29.6. The van der Waals surface area contributed by atoms with E-state index in [9.17, 15) is 29.8 Å². The SMILES string of the molecule is O=P(S(=O)(=O)Oc1cccc2ccccc12)(S(=O)(=O)Oc1cccc2ccccc12)S(=O)(=O)Oc1cccc2ccccc12. The smallest absolute Gasteiger partial charge is 0.375 e. The fraction of sp³-hybridized carbons (Fsp3) is 0. The summed E-state index contributed by atoms with van der Waals surface area (Å²) in [6.45, 7) is 0. The Morgan fingerprint density at radius 3 is 0.909 bits per heavy atom. The fourth-order valence-corrected chi connectivity index (χ4v) is 17.9. The van der Waals surface area contributed by atoms with E-state index in [0.29, 0.717) is 16.2 Å². The Morgan fingerprint density at radius 1 is 0.364 bits per heavy atom. The molecular weight excluding hydrogens is 647 g/mol. The molecule has 0 N–H and O–H groups in total. The van der Waals surface area contributed by atoms with Gasteiger partial charge in [0.2, 0.25) is 0 Å². The Balaban J connectivity index is 1.54. The molecule has 14 heteroatoms. The van der Waals surface area contributed by atoms with Crippen LogP contribution in [0.5, 0.6) is 17.2 Å². The maximum atomic E-state index is 14.6. The van der Waals surface area contributed by atoms with Gasteiger partial charge in [0.15, 0.2) is 17.2 Å². The van der Waals surface area contributed by atoms with Crippen molar-refractivity contribution in [2.45, 2.75) is 0 Å². The zero-order valence-corrected chi connectivity index (χ0v) is 25.7. The summed E-state index contributed by atoms with van der Waals surface area (Å²) in [4.78, 5) is 0. The van der Waals surface area contributed by atoms with E-state index in [1.165, 1.54) is 54.6 Å². The second-order valence-electron chi connectivity index (χ2n) is 9.41. The molecular formula is C30H21O10PS3. The van der Waals surface area contributed by atoms with Crippen LogP contribution in [0.1, 0.15) is 0 Å². The van der Waals surface area contributed by atoms with Crippen LogP contribution < -0.4 is 12.5 Å². The van der Waals surface area contributed by atoms with Crippen molar-refractivity contribution in [2.24, 2.45) is 0 Å². The van der Waals surface area contributed by atoms with Gasteiger partial charge in [0, 0.05) is 16.2 Å². The molecule has 0 amide bonds. The molecule has 0 aromatic heterocycles. The number of rotatable bonds is 9. The van der Waals surface area contributed by atoms with E-state index in [2.05, 4.69) is 0 Å². The summed E-state index contributed by atoms with van der Waals surface area (Å²) >= 11 is 0. The van der Waals surface area contributed by atoms with Gasteiger partial charge < -0.3 is 12.5 Å². The Bertz CT molecular complexity index is 2170. The largest absolute Gasteiger partial charge is 0.521 e. The van der Waals surface area contributed by atoms with Gasteiger partial charge in [-0.15, -0.1) is 0 Å². The number of fused-ring (bicyclic) bond motifs is 3. The molecule has 6 rings (SSSR count). The molecule has 0 saturated carbocycles. The van der Waals surface area contributed by atoms with Crippen molar-refractivity contribution in [2.75, 3.05) is 0 Å². The lowest BCUT2D eigenvalue weighted by Gasteiger charge is -2.20. The third-order valence-electron chi connectivity index (χ3n) is 6.66. The van der Waals surface area contributed by atoms with Crippen LogP contribution in [-0.4, -0.2) is 25.3 Å². The third-order valence-corrected chi connectivity index (χ3v) is 24.9. The molecule has 44 heavy (non-hydrogen) atoms. The molecule has 0 spiro atoms. The van der Waals surface area contributed by atoms with Gasteiger partial charge in [0.25, 0.3) is 0 Å². The average Bonchev–Trinajstić information content (AvgIpc) is 3.00. The van der Waals surface area contributed by atoms with Crippen molar-refractivity contribution in [3.05, 3.63) is 127 Å². The molecule has 0 saturated heterocycles. The zero-order valence-electron chi connectivity index (χ0n) is 22.4. The molecule has 0 aliphatic carbocycles. The minimum absolute atomic E-state index is 0.185. The quantitative estimate of drug-likeness (QED) is 0.151. The number of hydrogen-bond donors (Lipinski definition) is 0. The van der Waals surface area contributed by atoms with Gasteiger partial charge in [-0.25, -0.2) is 0 Å². The van der Waals surface area contributed by atoms with E-state index in [1.807, 2.05) is 0 Å². The van der Waals surface area contributed by atoms with Gasteiger partial charge in [-0.2, -0.15) is 25.3 Å². The van der Waals surface area contributed by atoms with Crippen LogP contribution in [0.15, 0.2) is 127 Å². The molecule has 0 atom stereocenters. The molecule has 0 aliphatic rings. The number of hydrogen-bond acceptors (Lipinski definition) is 10. The second kappa shape index (κ2) is 10.9. The van der Waals surface area contributed by atoms with Gasteiger partial charge in [-0.05, 0) is 34.4 Å². The summed E-state index contributed by atoms with van der Waals surface area (Å²) in [5.74, 6) is -1.36. The maximum Gasteiger partial charge on any atom is 0.521 e. The van der Waals surface area contributed by atoms with E-state index < -0.39 is 51.2 Å². The van der Waals surface area contributed by atoms with Gasteiger partial charge in [-0.3, -0.25) is 4.57 Å². The van der Waals surface area contributed by atoms with Crippen LogP contribution in [0.3, 0.4) is 0 Å². The number of benzene rings is 6. The summed E-state index contributed by atoms with van der Waals surface area (Å²) in [7, 11) is -18.3. The van der Waals surface area contributed by atoms with Gasteiger partial charge >= 0.3 is 34.0 Å². The van der Waals surface area contributed by atoms with Crippen LogP contribution in [0.25, 0.3) is 32.3 Å². The van der Waals surface area contributed by atoms with Crippen molar-refractivity contribution in [3.63, 3.8) is 0 Å². The Morgan fingerprint density at radius 2 is 0.614 bits per heavy atom. The highest BCUT2D eigenvalue weighted by Crippen LogP contribution is 2.65. The summed E-state index contributed by atoms with van der Waals surface area (Å²) in [6, 6.07) is 31.5. The minimum Gasteiger partial charge on any atom is -0.375 e. The predicted octanol–water partition coefficient (Wildman–Crippen LogP) is 6.78. The van der Waals surface area contributed by atoms with E-state index in [0.717, 1.165) is 0 Å². The zero-order chi connectivity index (χ0) is 31.2. The summed E-state index contributed by atoms with van der Waals surface area (Å²) < 4.78 is 106. The summed E-state index contributed by atoms with van der Waals surface area (Å²) in [6.07, 6.45) is 0. The van der Waals surface area contributed by atoms with Crippen LogP contribution in [0.4, 0.5) is 0 Å². The van der Waals surface area contributed by atoms with Crippen molar-refractivity contribution >= 4 is 66.3 Å². The average molecular weight is 669 g/mol. The van der Waals surface area contributed by atoms with E-state index in [4.69, 9.17) is 12.5 Å².